The van der Waals surface area contributed by atoms with E-state index < -0.39 is 5.51 Å². The van der Waals surface area contributed by atoms with Crippen LogP contribution in [0.4, 0.5) is 13.2 Å². The van der Waals surface area contributed by atoms with E-state index in [1.54, 1.807) is 0 Å². The van der Waals surface area contributed by atoms with Crippen LogP contribution >= 0.6 is 11.8 Å². The lowest BCUT2D eigenvalue weighted by Gasteiger charge is -2.03. The van der Waals surface area contributed by atoms with Crippen LogP contribution in [0.3, 0.4) is 0 Å². The van der Waals surface area contributed by atoms with Crippen molar-refractivity contribution in [3.63, 3.8) is 0 Å². The maximum atomic E-state index is 11.5. The molecule has 0 aromatic heterocycles. The van der Waals surface area contributed by atoms with Gasteiger partial charge in [0, 0.05) is 5.75 Å². The summed E-state index contributed by atoms with van der Waals surface area (Å²) in [6.45, 7) is 0.266. The molecular formula is C6H8F3NOS. The first-order valence-corrected chi connectivity index (χ1v) is 4.29. The Balaban J connectivity index is 3.16. The number of hydrogen-bond donors (Lipinski definition) is 0. The van der Waals surface area contributed by atoms with Crippen molar-refractivity contribution in [1.29, 1.82) is 0 Å². The zero-order valence-corrected chi connectivity index (χ0v) is 7.04. The fraction of sp³-hybridized carbons (Fsp3) is 0.833. The van der Waals surface area contributed by atoms with Gasteiger partial charge in [0.05, 0.1) is 6.54 Å². The summed E-state index contributed by atoms with van der Waals surface area (Å²) in [6.07, 6.45) is 2.23. The Morgan fingerprint density at radius 1 is 1.33 bits per heavy atom. The number of nitrogens with zero attached hydrogens (tertiary/aromatic N) is 1. The molecule has 12 heavy (non-hydrogen) atoms. The predicted molar refractivity (Wildman–Crippen MR) is 40.7 cm³/mol. The van der Waals surface area contributed by atoms with Crippen LogP contribution in [0.2, 0.25) is 0 Å². The number of hydrogen-bond acceptors (Lipinski definition) is 3. The van der Waals surface area contributed by atoms with Gasteiger partial charge in [-0.3, -0.25) is 0 Å². The number of isocyanates is 1. The third-order valence-corrected chi connectivity index (χ3v) is 1.81. The van der Waals surface area contributed by atoms with Gasteiger partial charge in [0.25, 0.3) is 0 Å². The molecule has 0 N–H and O–H groups in total. The maximum Gasteiger partial charge on any atom is 0.441 e. The summed E-state index contributed by atoms with van der Waals surface area (Å²) in [5, 5.41) is 0. The molecule has 70 valence electrons. The molecule has 6 heteroatoms. The summed E-state index contributed by atoms with van der Waals surface area (Å²) in [5.74, 6) is 0.0257. The molecule has 0 saturated heterocycles. The summed E-state index contributed by atoms with van der Waals surface area (Å²) < 4.78 is 34.5. The molecule has 0 bridgehead atoms. The standard InChI is InChI=1S/C6H8F3NOS/c7-6(8,9)12-4-2-1-3-10-5-11/h1-4H2. The summed E-state index contributed by atoms with van der Waals surface area (Å²) in [5.41, 5.74) is -4.14. The van der Waals surface area contributed by atoms with E-state index >= 15 is 0 Å². The van der Waals surface area contributed by atoms with Crippen LogP contribution in [0.1, 0.15) is 12.8 Å². The number of aliphatic imine (C=N–C) groups is 1. The lowest BCUT2D eigenvalue weighted by Crippen LogP contribution is -2.01. The van der Waals surface area contributed by atoms with Gasteiger partial charge in [-0.25, -0.2) is 9.79 Å². The second kappa shape index (κ2) is 6.08. The van der Waals surface area contributed by atoms with Crippen molar-refractivity contribution in [3.8, 4) is 0 Å². The van der Waals surface area contributed by atoms with Crippen LogP contribution in [0, 0.1) is 0 Å². The molecule has 0 heterocycles. The number of rotatable bonds is 5. The largest absolute Gasteiger partial charge is 0.441 e. The van der Waals surface area contributed by atoms with Gasteiger partial charge in [-0.15, -0.1) is 0 Å². The van der Waals surface area contributed by atoms with Crippen LogP contribution < -0.4 is 0 Å². The molecule has 0 atom stereocenters. The maximum absolute atomic E-state index is 11.5. The highest BCUT2D eigenvalue weighted by molar-refractivity contribution is 8.00. The molecule has 0 rings (SSSR count). The van der Waals surface area contributed by atoms with E-state index in [1.165, 1.54) is 6.08 Å². The molecule has 0 aromatic rings. The number of unbranched alkanes of at least 4 members (excludes halogenated alkanes) is 1. The summed E-state index contributed by atoms with van der Waals surface area (Å²) in [7, 11) is 0. The Bertz CT molecular complexity index is 165. The molecule has 0 saturated carbocycles. The Kier molecular flexibility index (Phi) is 5.84. The summed E-state index contributed by atoms with van der Waals surface area (Å²) >= 11 is -0.0486. The highest BCUT2D eigenvalue weighted by atomic mass is 32.2. The first kappa shape index (κ1) is 11.5. The summed E-state index contributed by atoms with van der Waals surface area (Å²) in [4.78, 5) is 12.7. The van der Waals surface area contributed by atoms with Crippen LogP contribution in [-0.2, 0) is 4.79 Å². The quantitative estimate of drug-likeness (QED) is 0.386. The smallest absolute Gasteiger partial charge is 0.211 e. The monoisotopic (exact) mass is 199 g/mol. The van der Waals surface area contributed by atoms with Gasteiger partial charge >= 0.3 is 5.51 Å². The molecule has 0 aliphatic rings. The van der Waals surface area contributed by atoms with E-state index in [9.17, 15) is 18.0 Å². The van der Waals surface area contributed by atoms with E-state index in [1.807, 2.05) is 0 Å². The molecular weight excluding hydrogens is 191 g/mol. The minimum atomic E-state index is -4.14. The van der Waals surface area contributed by atoms with Gasteiger partial charge in [-0.1, -0.05) is 11.8 Å². The highest BCUT2D eigenvalue weighted by Crippen LogP contribution is 2.30. The van der Waals surface area contributed by atoms with Crippen molar-refractivity contribution in [1.82, 2.24) is 0 Å². The first-order chi connectivity index (χ1) is 5.56. The van der Waals surface area contributed by atoms with E-state index in [2.05, 4.69) is 4.99 Å². The van der Waals surface area contributed by atoms with Gasteiger partial charge in [0.2, 0.25) is 6.08 Å². The lowest BCUT2D eigenvalue weighted by atomic mass is 10.3. The van der Waals surface area contributed by atoms with Gasteiger partial charge < -0.3 is 0 Å². The van der Waals surface area contributed by atoms with Crippen molar-refractivity contribution in [3.05, 3.63) is 0 Å². The Hall–Kier alpha value is -0.480. The predicted octanol–water partition coefficient (Wildman–Crippen LogP) is 2.36. The van der Waals surface area contributed by atoms with Crippen molar-refractivity contribution < 1.29 is 18.0 Å². The Morgan fingerprint density at radius 2 is 2.00 bits per heavy atom. The Labute approximate surface area is 72.2 Å². The molecule has 2 nitrogen and oxygen atoms in total. The zero-order valence-electron chi connectivity index (χ0n) is 6.23. The van der Waals surface area contributed by atoms with E-state index in [-0.39, 0.29) is 24.1 Å². The SMILES string of the molecule is O=C=NCCCCSC(F)(F)F. The van der Waals surface area contributed by atoms with Gasteiger partial charge in [-0.05, 0) is 12.8 Å². The van der Waals surface area contributed by atoms with Crippen molar-refractivity contribution in [2.45, 2.75) is 18.3 Å². The minimum absolute atomic E-state index is 0.0257. The van der Waals surface area contributed by atoms with Crippen molar-refractivity contribution in [2.24, 2.45) is 4.99 Å². The lowest BCUT2D eigenvalue weighted by molar-refractivity contribution is -0.0328. The minimum Gasteiger partial charge on any atom is -0.211 e. The average Bonchev–Trinajstić information content (AvgIpc) is 1.94. The van der Waals surface area contributed by atoms with Crippen LogP contribution in [0.5, 0.6) is 0 Å². The van der Waals surface area contributed by atoms with E-state index in [0.717, 1.165) is 0 Å². The second-order valence-electron chi connectivity index (χ2n) is 1.97. The molecule has 0 radical (unpaired) electrons. The molecule has 0 aliphatic heterocycles. The van der Waals surface area contributed by atoms with Gasteiger partial charge in [0.1, 0.15) is 0 Å². The topological polar surface area (TPSA) is 29.4 Å². The third kappa shape index (κ3) is 9.52. The average molecular weight is 199 g/mol. The van der Waals surface area contributed by atoms with Gasteiger partial charge in [0.15, 0.2) is 0 Å². The van der Waals surface area contributed by atoms with E-state index in [4.69, 9.17) is 0 Å². The van der Waals surface area contributed by atoms with E-state index in [0.29, 0.717) is 12.8 Å². The fourth-order valence-corrected chi connectivity index (χ4v) is 1.11. The van der Waals surface area contributed by atoms with Gasteiger partial charge in [-0.2, -0.15) is 13.2 Å². The summed E-state index contributed by atoms with van der Waals surface area (Å²) in [6, 6.07) is 0. The van der Waals surface area contributed by atoms with Crippen LogP contribution in [-0.4, -0.2) is 23.9 Å². The molecule has 0 amide bonds. The third-order valence-electron chi connectivity index (χ3n) is 0.995. The zero-order chi connectivity index (χ0) is 9.45. The second-order valence-corrected chi connectivity index (χ2v) is 3.13. The van der Waals surface area contributed by atoms with Crippen molar-refractivity contribution >= 4 is 17.8 Å². The number of thioether (sulfide) groups is 1. The fourth-order valence-electron chi connectivity index (χ4n) is 0.526. The van der Waals surface area contributed by atoms with Crippen LogP contribution in [0.15, 0.2) is 4.99 Å². The molecule has 0 aliphatic carbocycles. The number of carbonyl (C=O) groups excluding carboxylic acids is 1. The van der Waals surface area contributed by atoms with Crippen molar-refractivity contribution in [2.75, 3.05) is 12.3 Å². The molecule has 0 unspecified atom stereocenters. The normalized spacial score (nSPS) is 10.9. The van der Waals surface area contributed by atoms with Crippen LogP contribution in [0.25, 0.3) is 0 Å². The number of halogens is 3. The Morgan fingerprint density at radius 3 is 2.50 bits per heavy atom. The molecule has 0 aromatic carbocycles. The first-order valence-electron chi connectivity index (χ1n) is 3.30. The molecule has 0 fully saturated rings. The molecule has 0 spiro atoms. The number of alkyl halides is 3. The highest BCUT2D eigenvalue weighted by Gasteiger charge is 2.27.